The normalized spacial score (nSPS) is 19.0. The molecule has 40 heavy (non-hydrogen) atoms. The van der Waals surface area contributed by atoms with Crippen LogP contribution < -0.4 is 9.47 Å². The van der Waals surface area contributed by atoms with Crippen LogP contribution in [0.15, 0.2) is 71.8 Å². The molecule has 1 N–H and O–H groups in total. The van der Waals surface area contributed by atoms with Gasteiger partial charge in [-0.15, -0.1) is 0 Å². The third-order valence-corrected chi connectivity index (χ3v) is 8.79. The van der Waals surface area contributed by atoms with Crippen LogP contribution in [-0.2, 0) is 10.0 Å². The molecule has 2 heterocycles. The van der Waals surface area contributed by atoms with Crippen molar-refractivity contribution in [1.29, 1.82) is 0 Å². The van der Waals surface area contributed by atoms with Gasteiger partial charge < -0.3 is 19.5 Å². The Hall–Kier alpha value is -3.91. The zero-order valence-electron chi connectivity index (χ0n) is 22.9. The molecule has 9 nitrogen and oxygen atoms in total. The molecule has 10 heteroatoms. The van der Waals surface area contributed by atoms with E-state index in [0.29, 0.717) is 17.0 Å². The highest BCUT2D eigenvalue weighted by molar-refractivity contribution is 7.89. The molecule has 0 unspecified atom stereocenters. The highest BCUT2D eigenvalue weighted by atomic mass is 32.2. The molecule has 2 aromatic carbocycles. The molecule has 0 bridgehead atoms. The number of benzene rings is 2. The lowest BCUT2D eigenvalue weighted by atomic mass is 10.0. The minimum absolute atomic E-state index is 0.0182. The number of methoxy groups -OCH3 is 1. The van der Waals surface area contributed by atoms with E-state index in [-0.39, 0.29) is 42.2 Å². The fourth-order valence-corrected chi connectivity index (χ4v) is 6.23. The van der Waals surface area contributed by atoms with Gasteiger partial charge in [-0.1, -0.05) is 30.9 Å². The number of rotatable bonds is 6. The largest absolute Gasteiger partial charge is 0.497 e. The van der Waals surface area contributed by atoms with Crippen molar-refractivity contribution in [3.8, 4) is 23.3 Å². The van der Waals surface area contributed by atoms with Crippen molar-refractivity contribution in [1.82, 2.24) is 14.2 Å². The van der Waals surface area contributed by atoms with Gasteiger partial charge in [0.2, 0.25) is 10.0 Å². The van der Waals surface area contributed by atoms with Crippen molar-refractivity contribution >= 4 is 15.9 Å². The average Bonchev–Trinajstić information content (AvgIpc) is 2.97. The molecule has 0 saturated heterocycles. The number of pyridine rings is 1. The number of amides is 1. The third kappa shape index (κ3) is 6.45. The van der Waals surface area contributed by atoms with Gasteiger partial charge in [-0.3, -0.25) is 9.78 Å². The number of aromatic nitrogens is 1. The molecular formula is C30H33N3O6S. The lowest BCUT2D eigenvalue weighted by Gasteiger charge is -2.37. The van der Waals surface area contributed by atoms with Crippen LogP contribution in [0.2, 0.25) is 0 Å². The first-order chi connectivity index (χ1) is 19.1. The Bertz CT molecular complexity index is 1520. The molecule has 3 atom stereocenters. The van der Waals surface area contributed by atoms with Crippen molar-refractivity contribution in [2.24, 2.45) is 5.92 Å². The molecule has 0 aliphatic carbocycles. The number of ether oxygens (including phenoxy) is 2. The number of likely N-dealkylation sites (N-methyl/N-ethyl adjacent to an activating group) is 1. The summed E-state index contributed by atoms with van der Waals surface area (Å²) in [6, 6.07) is 16.5. The minimum atomic E-state index is -4.00. The van der Waals surface area contributed by atoms with E-state index in [1.165, 1.54) is 15.3 Å². The molecule has 210 valence electrons. The molecule has 0 fully saturated rings. The van der Waals surface area contributed by atoms with Crippen LogP contribution in [0.3, 0.4) is 0 Å². The van der Waals surface area contributed by atoms with Crippen molar-refractivity contribution in [2.45, 2.75) is 30.9 Å². The lowest BCUT2D eigenvalue weighted by Crippen LogP contribution is -2.50. The third-order valence-electron chi connectivity index (χ3n) is 6.77. The molecular weight excluding hydrogens is 530 g/mol. The Kier molecular flexibility index (Phi) is 9.10. The number of aliphatic hydroxyl groups is 1. The van der Waals surface area contributed by atoms with E-state index >= 15 is 0 Å². The summed E-state index contributed by atoms with van der Waals surface area (Å²) in [5.41, 5.74) is 1.60. The standard InChI is InChI=1S/C30H33N3O6S/c1-21-18-33(22(2)20-34)40(36,37)29-14-13-24(12-11-23-8-7-9-25(16-23)38-4)17-27(29)39-28(21)19-32(3)30(35)26-10-5-6-15-31-26/h5-10,13-17,21-22,28,34H,18-20H2,1-4H3/t21-,22+,28+/m1/s1. The molecule has 1 aromatic heterocycles. The quantitative estimate of drug-likeness (QED) is 0.459. The highest BCUT2D eigenvalue weighted by Gasteiger charge is 2.38. The number of aliphatic hydroxyl groups excluding tert-OH is 1. The Morgan fingerprint density at radius 1 is 1.18 bits per heavy atom. The van der Waals surface area contributed by atoms with Crippen molar-refractivity contribution in [3.05, 3.63) is 83.7 Å². The lowest BCUT2D eigenvalue weighted by molar-refractivity contribution is 0.0559. The molecule has 0 radical (unpaired) electrons. The summed E-state index contributed by atoms with van der Waals surface area (Å²) in [7, 11) is -0.755. The van der Waals surface area contributed by atoms with Gasteiger partial charge in [-0.25, -0.2) is 8.42 Å². The SMILES string of the molecule is COc1cccc(C#Cc2ccc3c(c2)O[C@@H](CN(C)C(=O)c2ccccn2)[C@H](C)CN([C@@H](C)CO)S3(=O)=O)c1. The monoisotopic (exact) mass is 563 g/mol. The smallest absolute Gasteiger partial charge is 0.272 e. The van der Waals surface area contributed by atoms with E-state index in [9.17, 15) is 18.3 Å². The van der Waals surface area contributed by atoms with Gasteiger partial charge in [-0.05, 0) is 55.5 Å². The number of hydrogen-bond donors (Lipinski definition) is 1. The minimum Gasteiger partial charge on any atom is -0.497 e. The van der Waals surface area contributed by atoms with Crippen LogP contribution in [-0.4, -0.2) is 79.6 Å². The number of carbonyl (C=O) groups excluding carboxylic acids is 1. The first-order valence-electron chi connectivity index (χ1n) is 12.9. The highest BCUT2D eigenvalue weighted by Crippen LogP contribution is 2.34. The van der Waals surface area contributed by atoms with Crippen LogP contribution in [0.5, 0.6) is 11.5 Å². The van der Waals surface area contributed by atoms with E-state index < -0.39 is 22.2 Å². The predicted octanol–water partition coefficient (Wildman–Crippen LogP) is 3.03. The zero-order valence-corrected chi connectivity index (χ0v) is 23.8. The predicted molar refractivity (Wildman–Crippen MR) is 151 cm³/mol. The van der Waals surface area contributed by atoms with Crippen molar-refractivity contribution in [2.75, 3.05) is 33.9 Å². The van der Waals surface area contributed by atoms with Gasteiger partial charge >= 0.3 is 0 Å². The summed E-state index contributed by atoms with van der Waals surface area (Å²) in [5.74, 6) is 6.38. The second kappa shape index (κ2) is 12.5. The fourth-order valence-electron chi connectivity index (χ4n) is 4.40. The van der Waals surface area contributed by atoms with E-state index in [2.05, 4.69) is 16.8 Å². The number of sulfonamides is 1. The summed E-state index contributed by atoms with van der Waals surface area (Å²) >= 11 is 0. The van der Waals surface area contributed by atoms with Gasteiger partial charge in [0, 0.05) is 42.9 Å². The van der Waals surface area contributed by atoms with E-state index in [1.807, 2.05) is 31.2 Å². The van der Waals surface area contributed by atoms with Gasteiger partial charge in [0.15, 0.2) is 0 Å². The Morgan fingerprint density at radius 2 is 1.93 bits per heavy atom. The molecule has 1 aliphatic heterocycles. The van der Waals surface area contributed by atoms with Crippen LogP contribution in [0.4, 0.5) is 0 Å². The Morgan fingerprint density at radius 3 is 2.60 bits per heavy atom. The fraction of sp³-hybridized carbons (Fsp3) is 0.333. The summed E-state index contributed by atoms with van der Waals surface area (Å²) in [5, 5.41) is 9.86. The molecule has 3 aromatic rings. The number of hydrogen-bond acceptors (Lipinski definition) is 7. The molecule has 0 saturated carbocycles. The first-order valence-corrected chi connectivity index (χ1v) is 14.3. The molecule has 4 rings (SSSR count). The van der Waals surface area contributed by atoms with E-state index in [1.54, 1.807) is 57.6 Å². The van der Waals surface area contributed by atoms with Crippen molar-refractivity contribution < 1.29 is 27.8 Å². The van der Waals surface area contributed by atoms with Crippen molar-refractivity contribution in [3.63, 3.8) is 0 Å². The van der Waals surface area contributed by atoms with Gasteiger partial charge in [0.25, 0.3) is 5.91 Å². The number of carbonyl (C=O) groups is 1. The maximum atomic E-state index is 13.7. The topological polar surface area (TPSA) is 109 Å². The number of fused-ring (bicyclic) bond motifs is 1. The molecule has 1 amide bonds. The van der Waals surface area contributed by atoms with Gasteiger partial charge in [0.05, 0.1) is 20.3 Å². The average molecular weight is 564 g/mol. The maximum Gasteiger partial charge on any atom is 0.272 e. The van der Waals surface area contributed by atoms with Crippen LogP contribution in [0.25, 0.3) is 0 Å². The van der Waals surface area contributed by atoms with Crippen LogP contribution >= 0.6 is 0 Å². The van der Waals surface area contributed by atoms with Gasteiger partial charge in [-0.2, -0.15) is 4.31 Å². The second-order valence-electron chi connectivity index (χ2n) is 9.78. The Balaban J connectivity index is 1.72. The maximum absolute atomic E-state index is 13.7. The van der Waals surface area contributed by atoms with Gasteiger partial charge in [0.1, 0.15) is 28.2 Å². The van der Waals surface area contributed by atoms with E-state index in [0.717, 1.165) is 5.56 Å². The first kappa shape index (κ1) is 29.1. The zero-order chi connectivity index (χ0) is 28.9. The summed E-state index contributed by atoms with van der Waals surface area (Å²) in [4.78, 5) is 18.7. The summed E-state index contributed by atoms with van der Waals surface area (Å²) in [6.45, 7) is 3.49. The van der Waals surface area contributed by atoms with Crippen LogP contribution in [0.1, 0.15) is 35.5 Å². The summed E-state index contributed by atoms with van der Waals surface area (Å²) < 4.78 is 40.4. The molecule has 0 spiro atoms. The molecule has 1 aliphatic rings. The summed E-state index contributed by atoms with van der Waals surface area (Å²) in [6.07, 6.45) is 1.00. The Labute approximate surface area is 235 Å². The second-order valence-corrected chi connectivity index (χ2v) is 11.6. The van der Waals surface area contributed by atoms with E-state index in [4.69, 9.17) is 9.47 Å². The van der Waals surface area contributed by atoms with Crippen LogP contribution in [0, 0.1) is 17.8 Å². The number of nitrogens with zero attached hydrogens (tertiary/aromatic N) is 3.